The minimum atomic E-state index is -4.73. The topological polar surface area (TPSA) is 150 Å². The van der Waals surface area contributed by atoms with Gasteiger partial charge in [0.05, 0.1) is 34.1 Å². The number of carbonyl (C=O) groups is 3. The van der Waals surface area contributed by atoms with Crippen molar-refractivity contribution in [1.82, 2.24) is 5.32 Å². The maximum Gasteiger partial charge on any atom is 0.416 e. The van der Waals surface area contributed by atoms with E-state index in [4.69, 9.17) is 0 Å². The largest absolute Gasteiger partial charge is 0.480 e. The van der Waals surface area contributed by atoms with E-state index in [-0.39, 0.29) is 11.3 Å². The van der Waals surface area contributed by atoms with Crippen molar-refractivity contribution in [2.45, 2.75) is 30.8 Å². The third kappa shape index (κ3) is 3.63. The first kappa shape index (κ1) is 24.3. The van der Waals surface area contributed by atoms with Crippen molar-refractivity contribution >= 4 is 29.2 Å². The van der Waals surface area contributed by atoms with Crippen LogP contribution in [0.4, 0.5) is 24.5 Å². The number of fused-ring (bicyclic) bond motifs is 1. The molecule has 5 unspecified atom stereocenters. The van der Waals surface area contributed by atoms with E-state index in [1.807, 2.05) is 0 Å². The summed E-state index contributed by atoms with van der Waals surface area (Å²) in [5, 5.41) is 34.2. The van der Waals surface area contributed by atoms with Crippen LogP contribution in [0.3, 0.4) is 0 Å². The molecule has 35 heavy (non-hydrogen) atoms. The van der Waals surface area contributed by atoms with E-state index >= 15 is 0 Å². The van der Waals surface area contributed by atoms with Gasteiger partial charge in [-0.1, -0.05) is 18.2 Å². The normalized spacial score (nSPS) is 27.1. The van der Waals surface area contributed by atoms with Crippen LogP contribution < -0.4 is 10.2 Å². The fourth-order valence-electron chi connectivity index (χ4n) is 4.90. The molecule has 0 aliphatic carbocycles. The molecule has 0 spiro atoms. The lowest BCUT2D eigenvalue weighted by atomic mass is 9.76. The van der Waals surface area contributed by atoms with Crippen LogP contribution in [0.25, 0.3) is 0 Å². The van der Waals surface area contributed by atoms with Gasteiger partial charge in [-0.15, -0.1) is 0 Å². The van der Waals surface area contributed by atoms with Gasteiger partial charge in [-0.3, -0.25) is 29.8 Å². The van der Waals surface area contributed by atoms with E-state index in [0.29, 0.717) is 4.90 Å². The third-order valence-corrected chi connectivity index (χ3v) is 6.48. The van der Waals surface area contributed by atoms with Crippen molar-refractivity contribution in [2.75, 3.05) is 4.90 Å². The molecule has 0 radical (unpaired) electrons. The summed E-state index contributed by atoms with van der Waals surface area (Å²) in [6.07, 6.45) is -6.47. The predicted octanol–water partition coefficient (Wildman–Crippen LogP) is 2.27. The Balaban J connectivity index is 1.88. The molecule has 2 heterocycles. The summed E-state index contributed by atoms with van der Waals surface area (Å²) in [5.74, 6) is -6.90. The highest BCUT2D eigenvalue weighted by Crippen LogP contribution is 2.51. The number of nitrogens with one attached hydrogen (secondary N) is 1. The van der Waals surface area contributed by atoms with Gasteiger partial charge in [-0.2, -0.15) is 13.2 Å². The van der Waals surface area contributed by atoms with Crippen molar-refractivity contribution < 1.29 is 42.7 Å². The van der Waals surface area contributed by atoms with Gasteiger partial charge in [-0.25, -0.2) is 4.90 Å². The molecule has 3 N–H and O–H groups in total. The number of carbonyl (C=O) groups excluding carboxylic acids is 2. The second kappa shape index (κ2) is 8.13. The molecule has 13 heteroatoms. The number of hydrogen-bond donors (Lipinski definition) is 3. The Morgan fingerprint density at radius 3 is 2.40 bits per heavy atom. The number of alkyl halides is 3. The second-order valence-corrected chi connectivity index (χ2v) is 8.39. The highest BCUT2D eigenvalue weighted by molar-refractivity contribution is 6.24. The minimum Gasteiger partial charge on any atom is -0.480 e. The van der Waals surface area contributed by atoms with Gasteiger partial charge >= 0.3 is 12.1 Å². The van der Waals surface area contributed by atoms with Crippen molar-refractivity contribution in [2.24, 2.45) is 11.8 Å². The first-order valence-corrected chi connectivity index (χ1v) is 10.3. The van der Waals surface area contributed by atoms with Crippen LogP contribution in [0, 0.1) is 22.0 Å². The predicted molar refractivity (Wildman–Crippen MR) is 112 cm³/mol. The number of imide groups is 1. The summed E-state index contributed by atoms with van der Waals surface area (Å²) < 4.78 is 40.0. The van der Waals surface area contributed by atoms with Crippen LogP contribution in [0.5, 0.6) is 0 Å². The van der Waals surface area contributed by atoms with Crippen LogP contribution in [-0.2, 0) is 20.6 Å². The summed E-state index contributed by atoms with van der Waals surface area (Å²) in [7, 11) is 0. The zero-order valence-electron chi connectivity index (χ0n) is 17.9. The number of nitro groups is 1. The number of carboxylic acid groups (broad SMARTS) is 1. The van der Waals surface area contributed by atoms with Crippen LogP contribution in [0.1, 0.15) is 24.1 Å². The summed E-state index contributed by atoms with van der Waals surface area (Å²) >= 11 is 0. The number of non-ortho nitro benzene ring substituents is 1. The third-order valence-electron chi connectivity index (χ3n) is 6.48. The first-order valence-electron chi connectivity index (χ1n) is 10.3. The van der Waals surface area contributed by atoms with E-state index in [2.05, 4.69) is 5.32 Å². The quantitative estimate of drug-likeness (QED) is 0.326. The molecule has 4 rings (SSSR count). The monoisotopic (exact) mass is 493 g/mol. The minimum absolute atomic E-state index is 0.111. The summed E-state index contributed by atoms with van der Waals surface area (Å²) in [5.41, 5.74) is -4.21. The molecular weight excluding hydrogens is 475 g/mol. The number of benzene rings is 2. The Morgan fingerprint density at radius 1 is 1.17 bits per heavy atom. The number of aliphatic hydroxyl groups is 1. The van der Waals surface area contributed by atoms with Gasteiger partial charge < -0.3 is 10.2 Å². The van der Waals surface area contributed by atoms with Crippen LogP contribution >= 0.6 is 0 Å². The molecule has 2 fully saturated rings. The van der Waals surface area contributed by atoms with E-state index in [1.54, 1.807) is 0 Å². The number of halogens is 3. The standard InChI is InChI=1S/C22H18F3N3O7/c1-10(29)21(20(32)33)16-15(17(26-21)11-4-2-5-12(8-11)22(23,24)25)18(30)27(19(16)31)13-6-3-7-14(9-13)28(34)35/h2-10,15-17,26,29H,1H3,(H,32,33). The number of nitro benzene ring substituents is 1. The van der Waals surface area contributed by atoms with E-state index < -0.39 is 69.7 Å². The molecule has 2 amide bonds. The average Bonchev–Trinajstić information content (AvgIpc) is 3.28. The number of hydrogen-bond acceptors (Lipinski definition) is 7. The number of rotatable bonds is 5. The molecule has 2 aromatic carbocycles. The molecule has 0 bridgehead atoms. The number of aliphatic hydroxyl groups excluding tert-OH is 1. The number of anilines is 1. The van der Waals surface area contributed by atoms with Gasteiger partial charge in [0, 0.05) is 18.2 Å². The molecule has 2 aromatic rings. The van der Waals surface area contributed by atoms with Crippen molar-refractivity contribution in [1.29, 1.82) is 0 Å². The van der Waals surface area contributed by atoms with Crippen LogP contribution in [0.2, 0.25) is 0 Å². The lowest BCUT2D eigenvalue weighted by Gasteiger charge is -2.33. The van der Waals surface area contributed by atoms with Gasteiger partial charge in [-0.05, 0) is 30.7 Å². The lowest BCUT2D eigenvalue weighted by Crippen LogP contribution is -2.62. The van der Waals surface area contributed by atoms with E-state index in [0.717, 1.165) is 37.3 Å². The summed E-state index contributed by atoms with van der Waals surface area (Å²) in [4.78, 5) is 50.3. The van der Waals surface area contributed by atoms with Crippen LogP contribution in [0.15, 0.2) is 48.5 Å². The summed E-state index contributed by atoms with van der Waals surface area (Å²) in [6.45, 7) is 1.08. The molecule has 2 aliphatic heterocycles. The Bertz CT molecular complexity index is 1250. The fraction of sp³-hybridized carbons (Fsp3) is 0.318. The zero-order valence-corrected chi connectivity index (χ0v) is 17.9. The zero-order chi connectivity index (χ0) is 25.9. The lowest BCUT2D eigenvalue weighted by molar-refractivity contribution is -0.384. The van der Waals surface area contributed by atoms with Crippen LogP contribution in [-0.4, -0.2) is 44.6 Å². The van der Waals surface area contributed by atoms with E-state index in [9.17, 15) is 47.9 Å². The maximum atomic E-state index is 13.5. The highest BCUT2D eigenvalue weighted by Gasteiger charge is 2.70. The average molecular weight is 493 g/mol. The number of carboxylic acids is 1. The molecule has 5 atom stereocenters. The Hall–Kier alpha value is -3.84. The van der Waals surface area contributed by atoms with Crippen molar-refractivity contribution in [3.05, 3.63) is 69.8 Å². The molecule has 10 nitrogen and oxygen atoms in total. The van der Waals surface area contributed by atoms with Gasteiger partial charge in [0.2, 0.25) is 11.8 Å². The Kier molecular flexibility index (Phi) is 5.64. The van der Waals surface area contributed by atoms with Crippen molar-refractivity contribution in [3.63, 3.8) is 0 Å². The molecule has 0 saturated carbocycles. The van der Waals surface area contributed by atoms with Gasteiger partial charge in [0.1, 0.15) is 0 Å². The smallest absolute Gasteiger partial charge is 0.416 e. The van der Waals surface area contributed by atoms with Gasteiger partial charge in [0.25, 0.3) is 5.69 Å². The Morgan fingerprint density at radius 2 is 1.83 bits per heavy atom. The number of nitrogens with zero attached hydrogens (tertiary/aromatic N) is 2. The molecule has 2 saturated heterocycles. The first-order chi connectivity index (χ1) is 16.3. The van der Waals surface area contributed by atoms with E-state index in [1.165, 1.54) is 18.2 Å². The molecule has 2 aliphatic rings. The Labute approximate surface area is 195 Å². The molecule has 184 valence electrons. The number of amides is 2. The van der Waals surface area contributed by atoms with Crippen molar-refractivity contribution in [3.8, 4) is 0 Å². The second-order valence-electron chi connectivity index (χ2n) is 8.39. The SMILES string of the molecule is CC(O)C1(C(=O)O)NC(c2cccc(C(F)(F)F)c2)C2C(=O)N(c3cccc([N+](=O)[O-])c3)C(=O)C21. The summed E-state index contributed by atoms with van der Waals surface area (Å²) in [6, 6.07) is 7.02. The molecule has 0 aromatic heterocycles. The fourth-order valence-corrected chi connectivity index (χ4v) is 4.90. The van der Waals surface area contributed by atoms with Gasteiger partial charge in [0.15, 0.2) is 5.54 Å². The maximum absolute atomic E-state index is 13.5. The number of aliphatic carboxylic acids is 1. The molecular formula is C22H18F3N3O7. The highest BCUT2D eigenvalue weighted by atomic mass is 19.4.